The van der Waals surface area contributed by atoms with Crippen molar-refractivity contribution in [2.75, 3.05) is 13.2 Å². The highest BCUT2D eigenvalue weighted by atomic mass is 16.6. The van der Waals surface area contributed by atoms with Gasteiger partial charge in [-0.2, -0.15) is 0 Å². The lowest BCUT2D eigenvalue weighted by molar-refractivity contribution is -0.161. The minimum absolute atomic E-state index is 0.118. The maximum absolute atomic E-state index is 12.2. The van der Waals surface area contributed by atoms with Gasteiger partial charge in [0.15, 0.2) is 6.10 Å². The third-order valence-corrected chi connectivity index (χ3v) is 8.45. The predicted octanol–water partition coefficient (Wildman–Crippen LogP) is 14.2. The first-order chi connectivity index (χ1) is 27.6. The summed E-state index contributed by atoms with van der Waals surface area (Å²) in [6.45, 7) is 3.80. The third-order valence-electron chi connectivity index (χ3n) is 8.45. The standard InChI is InChI=1S/C51H78O5/c1-3-5-7-9-11-13-15-17-18-19-20-21-22-23-24-25-26-27-28-29-30-31-32-34-36-38-40-42-44-46-51(54)56-49(47-52)48-55-50(53)45-43-41-39-37-35-33-16-14-12-10-8-6-4-2/h5-8,11-14,17-18,20-21,23-24,26-27,29-30,33,35,39,41,49,52H,3-4,9-10,15-16,19,22,25,28,31-32,34,36-38,40,42-48H2,1-2H3/b7-5-,8-6-,13-11-,14-12-,18-17-,21-20-,24-23-,27-26-,30-29-,35-33-,41-39-. The van der Waals surface area contributed by atoms with Crippen molar-refractivity contribution in [2.24, 2.45) is 0 Å². The van der Waals surface area contributed by atoms with Crippen molar-refractivity contribution in [1.29, 1.82) is 0 Å². The van der Waals surface area contributed by atoms with Crippen LogP contribution in [0.5, 0.6) is 0 Å². The summed E-state index contributed by atoms with van der Waals surface area (Å²) in [4.78, 5) is 24.2. The van der Waals surface area contributed by atoms with E-state index in [1.54, 1.807) is 0 Å². The van der Waals surface area contributed by atoms with Crippen molar-refractivity contribution in [2.45, 2.75) is 161 Å². The number of unbranched alkanes of at least 4 members (excludes halogenated alkanes) is 7. The Labute approximate surface area is 343 Å². The number of hydrogen-bond acceptors (Lipinski definition) is 5. The zero-order chi connectivity index (χ0) is 40.7. The summed E-state index contributed by atoms with van der Waals surface area (Å²) in [7, 11) is 0. The second-order valence-corrected chi connectivity index (χ2v) is 13.7. The number of allylic oxidation sites excluding steroid dienone is 22. The van der Waals surface area contributed by atoms with Crippen LogP contribution in [-0.2, 0) is 19.1 Å². The van der Waals surface area contributed by atoms with Gasteiger partial charge in [0, 0.05) is 12.8 Å². The van der Waals surface area contributed by atoms with Crippen LogP contribution in [0.15, 0.2) is 134 Å². The Bertz CT molecular complexity index is 1240. The molecule has 0 spiro atoms. The lowest BCUT2D eigenvalue weighted by Crippen LogP contribution is -2.28. The average Bonchev–Trinajstić information content (AvgIpc) is 3.20. The predicted molar refractivity (Wildman–Crippen MR) is 241 cm³/mol. The monoisotopic (exact) mass is 771 g/mol. The molecular weight excluding hydrogens is 693 g/mol. The van der Waals surface area contributed by atoms with Gasteiger partial charge < -0.3 is 14.6 Å². The molecule has 0 saturated carbocycles. The summed E-state index contributed by atoms with van der Waals surface area (Å²) in [5, 5.41) is 9.56. The molecular formula is C51H78O5. The zero-order valence-electron chi connectivity index (χ0n) is 35.3. The third kappa shape index (κ3) is 42.8. The van der Waals surface area contributed by atoms with Crippen molar-refractivity contribution in [3.05, 3.63) is 134 Å². The molecule has 0 aliphatic heterocycles. The molecule has 0 radical (unpaired) electrons. The molecule has 312 valence electrons. The first kappa shape index (κ1) is 52.0. The SMILES string of the molecule is CC/C=C\C/C=C\C/C=C\C/C=C\C/C=C\C/C=C\C/C=C\CCCCCCCCCC(=O)OC(CO)COC(=O)CC/C=C\C/C=C\C/C=C\C/C=C\CC. The van der Waals surface area contributed by atoms with Crippen LogP contribution >= 0.6 is 0 Å². The maximum atomic E-state index is 12.2. The van der Waals surface area contributed by atoms with Crippen molar-refractivity contribution >= 4 is 11.9 Å². The van der Waals surface area contributed by atoms with Gasteiger partial charge in [0.25, 0.3) is 0 Å². The second-order valence-electron chi connectivity index (χ2n) is 13.7. The van der Waals surface area contributed by atoms with Crippen LogP contribution in [0.2, 0.25) is 0 Å². The Balaban J connectivity index is 3.69. The number of esters is 2. The number of aliphatic hydroxyl groups excluding tert-OH is 1. The molecule has 5 nitrogen and oxygen atoms in total. The van der Waals surface area contributed by atoms with Crippen LogP contribution in [0, 0.1) is 0 Å². The fourth-order valence-electron chi connectivity index (χ4n) is 5.25. The van der Waals surface area contributed by atoms with Crippen LogP contribution in [0.1, 0.15) is 155 Å². The fraction of sp³-hybridized carbons (Fsp3) is 0.529. The smallest absolute Gasteiger partial charge is 0.306 e. The number of carbonyl (C=O) groups is 2. The van der Waals surface area contributed by atoms with Gasteiger partial charge in [-0.15, -0.1) is 0 Å². The Kier molecular flexibility index (Phi) is 42.2. The van der Waals surface area contributed by atoms with E-state index >= 15 is 0 Å². The van der Waals surface area contributed by atoms with Crippen molar-refractivity contribution in [3.63, 3.8) is 0 Å². The van der Waals surface area contributed by atoms with Gasteiger partial charge in [0.1, 0.15) is 6.61 Å². The Morgan fingerprint density at radius 2 is 0.750 bits per heavy atom. The Hall–Kier alpha value is -3.96. The molecule has 0 aromatic carbocycles. The first-order valence-corrected chi connectivity index (χ1v) is 21.7. The van der Waals surface area contributed by atoms with Gasteiger partial charge >= 0.3 is 11.9 Å². The number of ether oxygens (including phenoxy) is 2. The van der Waals surface area contributed by atoms with E-state index in [2.05, 4.69) is 135 Å². The molecule has 0 aromatic heterocycles. The van der Waals surface area contributed by atoms with Crippen LogP contribution < -0.4 is 0 Å². The summed E-state index contributed by atoms with van der Waals surface area (Å²) < 4.78 is 10.5. The van der Waals surface area contributed by atoms with Crippen molar-refractivity contribution in [3.8, 4) is 0 Å². The van der Waals surface area contributed by atoms with E-state index < -0.39 is 6.10 Å². The van der Waals surface area contributed by atoms with Crippen LogP contribution in [0.3, 0.4) is 0 Å². The molecule has 0 bridgehead atoms. The van der Waals surface area contributed by atoms with Crippen molar-refractivity contribution in [1.82, 2.24) is 0 Å². The normalized spacial score (nSPS) is 13.6. The van der Waals surface area contributed by atoms with E-state index in [-0.39, 0.29) is 31.6 Å². The summed E-state index contributed by atoms with van der Waals surface area (Å²) in [6.07, 6.45) is 68.2. The molecule has 0 aromatic rings. The topological polar surface area (TPSA) is 72.8 Å². The lowest BCUT2D eigenvalue weighted by Gasteiger charge is -2.15. The number of hydrogen-bond donors (Lipinski definition) is 1. The minimum atomic E-state index is -0.816. The van der Waals surface area contributed by atoms with Gasteiger partial charge in [-0.25, -0.2) is 0 Å². The molecule has 56 heavy (non-hydrogen) atoms. The van der Waals surface area contributed by atoms with Crippen LogP contribution in [-0.4, -0.2) is 36.4 Å². The zero-order valence-corrected chi connectivity index (χ0v) is 35.3. The Morgan fingerprint density at radius 3 is 1.14 bits per heavy atom. The van der Waals surface area contributed by atoms with Crippen LogP contribution in [0.25, 0.3) is 0 Å². The maximum Gasteiger partial charge on any atom is 0.306 e. The molecule has 0 aliphatic carbocycles. The number of carbonyl (C=O) groups excluding carboxylic acids is 2. The Morgan fingerprint density at radius 1 is 0.411 bits per heavy atom. The second kappa shape index (κ2) is 45.4. The van der Waals surface area contributed by atoms with E-state index in [1.165, 1.54) is 25.7 Å². The highest BCUT2D eigenvalue weighted by Gasteiger charge is 2.15. The molecule has 1 N–H and O–H groups in total. The van der Waals surface area contributed by atoms with E-state index in [9.17, 15) is 14.7 Å². The number of aliphatic hydroxyl groups is 1. The summed E-state index contributed by atoms with van der Waals surface area (Å²) >= 11 is 0. The van der Waals surface area contributed by atoms with Crippen LogP contribution in [0.4, 0.5) is 0 Å². The molecule has 0 rings (SSSR count). The van der Waals surface area contributed by atoms with Gasteiger partial charge in [0.2, 0.25) is 0 Å². The molecule has 1 unspecified atom stereocenters. The highest BCUT2D eigenvalue weighted by molar-refractivity contribution is 5.70. The minimum Gasteiger partial charge on any atom is -0.462 e. The first-order valence-electron chi connectivity index (χ1n) is 21.7. The molecule has 0 fully saturated rings. The van der Waals surface area contributed by atoms with E-state index in [0.717, 1.165) is 96.3 Å². The molecule has 0 saturated heterocycles. The molecule has 1 atom stereocenters. The van der Waals surface area contributed by atoms with Gasteiger partial charge in [-0.1, -0.05) is 180 Å². The summed E-state index contributed by atoms with van der Waals surface area (Å²) in [6, 6.07) is 0. The van der Waals surface area contributed by atoms with Gasteiger partial charge in [-0.05, 0) is 96.3 Å². The largest absolute Gasteiger partial charge is 0.462 e. The molecule has 0 amide bonds. The summed E-state index contributed by atoms with van der Waals surface area (Å²) in [5.74, 6) is -0.713. The highest BCUT2D eigenvalue weighted by Crippen LogP contribution is 2.11. The molecule has 0 heterocycles. The molecule has 5 heteroatoms. The van der Waals surface area contributed by atoms with E-state index in [1.807, 2.05) is 12.2 Å². The average molecular weight is 771 g/mol. The lowest BCUT2D eigenvalue weighted by atomic mass is 10.1. The van der Waals surface area contributed by atoms with Gasteiger partial charge in [0.05, 0.1) is 6.61 Å². The summed E-state index contributed by atoms with van der Waals surface area (Å²) in [5.41, 5.74) is 0. The fourth-order valence-corrected chi connectivity index (χ4v) is 5.25. The van der Waals surface area contributed by atoms with Crippen molar-refractivity contribution < 1.29 is 24.2 Å². The van der Waals surface area contributed by atoms with E-state index in [4.69, 9.17) is 9.47 Å². The molecule has 0 aliphatic rings. The van der Waals surface area contributed by atoms with E-state index in [0.29, 0.717) is 12.8 Å². The number of rotatable bonds is 37. The van der Waals surface area contributed by atoms with Gasteiger partial charge in [-0.3, -0.25) is 9.59 Å². The quantitative estimate of drug-likeness (QED) is 0.0387.